The van der Waals surface area contributed by atoms with Crippen LogP contribution in [0.1, 0.15) is 6.04 Å². The van der Waals surface area contributed by atoms with E-state index >= 15 is 0 Å². The summed E-state index contributed by atoms with van der Waals surface area (Å²) in [5, 5.41) is 0. The molecule has 0 radical (unpaired) electrons. The number of hydrogen-bond acceptors (Lipinski definition) is 11. The third-order valence-electron chi connectivity index (χ3n) is 3.44. The molecule has 0 amide bonds. The van der Waals surface area contributed by atoms with E-state index in [1.807, 2.05) is 0 Å². The number of aromatic nitrogens is 4. The summed E-state index contributed by atoms with van der Waals surface area (Å²) in [6.45, 7) is -1.05. The van der Waals surface area contributed by atoms with Crippen LogP contribution in [0.3, 0.4) is 0 Å². The number of imidazole rings is 1. The quantitative estimate of drug-likeness (QED) is 0.112. The largest absolute Gasteiger partial charge is 1.00 e. The van der Waals surface area contributed by atoms with Crippen LogP contribution in [0.5, 0.6) is 0 Å². The van der Waals surface area contributed by atoms with E-state index in [0.717, 1.165) is 6.33 Å². The topological polar surface area (TPSA) is 208 Å². The molecule has 32 heavy (non-hydrogen) atoms. The van der Waals surface area contributed by atoms with Crippen molar-refractivity contribution in [1.29, 1.82) is 0 Å². The zero-order chi connectivity index (χ0) is 20.9. The predicted octanol–water partition coefficient (Wildman–Crippen LogP) is -14.7. The van der Waals surface area contributed by atoms with Gasteiger partial charge in [0, 0.05) is 0 Å². The van der Waals surface area contributed by atoms with Gasteiger partial charge in [0.1, 0.15) is 0 Å². The van der Waals surface area contributed by atoms with E-state index in [1.165, 1.54) is 4.57 Å². The third-order valence-corrected chi connectivity index (χ3v) is 5.46. The molecule has 0 fully saturated rings. The maximum absolute atomic E-state index is 11.9. The molecule has 0 aromatic carbocycles. The summed E-state index contributed by atoms with van der Waals surface area (Å²) in [5.74, 6) is 0. The molecule has 0 spiro atoms. The minimum absolute atomic E-state index is 0. The Hall–Kier alpha value is 3.05. The fraction of sp³-hybridized carbons (Fsp3) is 0.583. The Morgan fingerprint density at radius 1 is 1.00 bits per heavy atom. The minimum Gasteiger partial charge on any atom is -0.811 e. The van der Waals surface area contributed by atoms with Gasteiger partial charge in [0.25, 0.3) is 5.56 Å². The van der Waals surface area contributed by atoms with Gasteiger partial charge in [-0.15, -0.1) is 0 Å². The molecule has 2 aromatic rings. The van der Waals surface area contributed by atoms with Crippen LogP contribution >= 0.6 is 31.1 Å². The van der Waals surface area contributed by atoms with E-state index in [0.29, 0.717) is 0 Å². The second-order valence-corrected chi connectivity index (χ2v) is 9.67. The Bertz CT molecular complexity index is 940. The number of fused-ring (bicyclic) bond motifs is 1. The molecule has 158 valence electrons. The summed E-state index contributed by atoms with van der Waals surface area (Å²) in [4.78, 5) is 65.0. The molecular formula is C12H15BrN4Na4O9P2. The van der Waals surface area contributed by atoms with Crippen LogP contribution in [0.15, 0.2) is 15.9 Å². The van der Waals surface area contributed by atoms with Gasteiger partial charge in [0.2, 0.25) is 0 Å². The standard InChI is InChI=1S/C12H19BrN4O9P2.4Na/c13-12-16-9-10(14-7-15-11(9)18)17(12)8(5-25-1-3-27(19,20)21)6-26-2-4-28(22,23)24;;;;/h7-8H,1-6H2,(H,14,15,18)(H2,19,20,21)(H2,22,23,24);;;;/q;4*+1/p-4. The summed E-state index contributed by atoms with van der Waals surface area (Å²) in [6, 6.07) is -0.718. The van der Waals surface area contributed by atoms with Crippen molar-refractivity contribution >= 4 is 42.3 Å². The molecule has 2 heterocycles. The van der Waals surface area contributed by atoms with Crippen LogP contribution in [0, 0.1) is 0 Å². The van der Waals surface area contributed by atoms with Crippen LogP contribution in [-0.4, -0.2) is 58.3 Å². The van der Waals surface area contributed by atoms with E-state index in [4.69, 9.17) is 9.47 Å². The SMILES string of the molecule is O=c1[nH]cnc2c1nc(Br)n2C(COCCP(=O)([O-])[O-])COCCP(=O)([O-])[O-].[Na+].[Na+].[Na+].[Na+]. The number of nitrogens with one attached hydrogen (secondary N) is 1. The van der Waals surface area contributed by atoms with Crippen LogP contribution in [-0.2, 0) is 18.6 Å². The summed E-state index contributed by atoms with van der Waals surface area (Å²) in [6.07, 6.45) is -0.260. The zero-order valence-corrected chi connectivity index (χ0v) is 29.6. The molecular weight excluding hydrogens is 578 g/mol. The number of nitrogens with zero attached hydrogens (tertiary/aromatic N) is 3. The van der Waals surface area contributed by atoms with E-state index in [2.05, 4.69) is 30.9 Å². The average Bonchev–Trinajstić information content (AvgIpc) is 2.89. The number of aromatic amines is 1. The Labute approximate surface area is 280 Å². The van der Waals surface area contributed by atoms with Crippen LogP contribution < -0.4 is 143 Å². The first-order chi connectivity index (χ1) is 13.0. The molecule has 0 saturated carbocycles. The maximum atomic E-state index is 11.9. The molecule has 0 saturated heterocycles. The monoisotopic (exact) mass is 592 g/mol. The summed E-state index contributed by atoms with van der Waals surface area (Å²) in [7, 11) is -9.46. The molecule has 0 atom stereocenters. The van der Waals surface area contributed by atoms with Crippen molar-refractivity contribution in [2.45, 2.75) is 6.04 Å². The molecule has 13 nitrogen and oxygen atoms in total. The number of ether oxygens (including phenoxy) is 2. The average molecular weight is 593 g/mol. The van der Waals surface area contributed by atoms with E-state index < -0.39 is 39.1 Å². The molecule has 0 unspecified atom stereocenters. The van der Waals surface area contributed by atoms with Crippen molar-refractivity contribution in [1.82, 2.24) is 19.5 Å². The van der Waals surface area contributed by atoms with Gasteiger partial charge < -0.3 is 43.2 Å². The van der Waals surface area contributed by atoms with Crippen molar-refractivity contribution in [2.24, 2.45) is 0 Å². The fourth-order valence-corrected chi connectivity index (χ4v) is 3.55. The van der Waals surface area contributed by atoms with Crippen LogP contribution in [0.25, 0.3) is 11.2 Å². The summed E-state index contributed by atoms with van der Waals surface area (Å²) < 4.78 is 33.4. The predicted molar refractivity (Wildman–Crippen MR) is 91.5 cm³/mol. The van der Waals surface area contributed by atoms with Crippen LogP contribution in [0.2, 0.25) is 0 Å². The van der Waals surface area contributed by atoms with Gasteiger partial charge in [-0.05, 0) is 28.3 Å². The molecule has 0 aliphatic heterocycles. The molecule has 20 heteroatoms. The van der Waals surface area contributed by atoms with Crippen molar-refractivity contribution < 1.29 is 156 Å². The second kappa shape index (κ2) is 18.3. The van der Waals surface area contributed by atoms with E-state index in [1.54, 1.807) is 0 Å². The van der Waals surface area contributed by atoms with Crippen molar-refractivity contribution in [2.75, 3.05) is 38.8 Å². The van der Waals surface area contributed by atoms with Gasteiger partial charge in [0.15, 0.2) is 15.9 Å². The van der Waals surface area contributed by atoms with Gasteiger partial charge in [-0.25, -0.2) is 9.97 Å². The Balaban J connectivity index is -0.00000210. The molecule has 0 aliphatic carbocycles. The fourth-order valence-electron chi connectivity index (χ4n) is 2.21. The van der Waals surface area contributed by atoms with Crippen molar-refractivity contribution in [3.63, 3.8) is 0 Å². The number of hydrogen-bond donors (Lipinski definition) is 1. The normalized spacial score (nSPS) is 11.3. The van der Waals surface area contributed by atoms with Gasteiger partial charge in [-0.3, -0.25) is 9.36 Å². The number of rotatable bonds is 11. The van der Waals surface area contributed by atoms with Gasteiger partial charge >= 0.3 is 118 Å². The van der Waals surface area contributed by atoms with E-state index in [9.17, 15) is 33.5 Å². The molecule has 0 bridgehead atoms. The summed E-state index contributed by atoms with van der Waals surface area (Å²) >= 11 is 3.18. The Morgan fingerprint density at radius 3 is 1.91 bits per heavy atom. The first-order valence-electron chi connectivity index (χ1n) is 7.77. The zero-order valence-electron chi connectivity index (χ0n) is 18.2. The molecule has 0 aliphatic rings. The van der Waals surface area contributed by atoms with Gasteiger partial charge in [0.05, 0.1) is 38.8 Å². The third kappa shape index (κ3) is 14.1. The van der Waals surface area contributed by atoms with Gasteiger partial charge in [-0.2, -0.15) is 0 Å². The number of H-pyrrole nitrogens is 1. The first kappa shape index (κ1) is 39.6. The second-order valence-electron chi connectivity index (χ2n) is 5.63. The number of halogens is 1. The Morgan fingerprint density at radius 2 is 1.47 bits per heavy atom. The molecule has 2 rings (SSSR count). The Kier molecular flexibility index (Phi) is 22.7. The van der Waals surface area contributed by atoms with Crippen molar-refractivity contribution in [3.05, 3.63) is 21.4 Å². The minimum atomic E-state index is -4.73. The molecule has 2 aromatic heterocycles. The maximum Gasteiger partial charge on any atom is 1.00 e. The summed E-state index contributed by atoms with van der Waals surface area (Å²) in [5.41, 5.74) is -0.307. The van der Waals surface area contributed by atoms with Crippen LogP contribution in [0.4, 0.5) is 0 Å². The van der Waals surface area contributed by atoms with E-state index in [-0.39, 0.29) is 161 Å². The van der Waals surface area contributed by atoms with Gasteiger partial charge in [-0.1, -0.05) is 15.2 Å². The first-order valence-corrected chi connectivity index (χ1v) is 12.0. The smallest absolute Gasteiger partial charge is 0.811 e. The van der Waals surface area contributed by atoms with Crippen molar-refractivity contribution in [3.8, 4) is 0 Å². The molecule has 1 N–H and O–H groups in total.